The summed E-state index contributed by atoms with van der Waals surface area (Å²) in [7, 11) is 1.96. The van der Waals surface area contributed by atoms with Crippen LogP contribution in [0, 0.1) is 6.92 Å². The van der Waals surface area contributed by atoms with E-state index in [9.17, 15) is 0 Å². The minimum Gasteiger partial charge on any atom is -0.368 e. The monoisotopic (exact) mass is 214 g/mol. The zero-order valence-electron chi connectivity index (χ0n) is 9.38. The van der Waals surface area contributed by atoms with E-state index in [1.54, 1.807) is 6.20 Å². The van der Waals surface area contributed by atoms with E-state index in [1.807, 2.05) is 49.2 Å². The maximum Gasteiger partial charge on any atom is 0.221 e. The van der Waals surface area contributed by atoms with Crippen molar-refractivity contribution in [3.05, 3.63) is 42.1 Å². The Balaban J connectivity index is 2.41. The molecule has 0 saturated carbocycles. The molecule has 0 aliphatic heterocycles. The highest BCUT2D eigenvalue weighted by Crippen LogP contribution is 2.24. The summed E-state index contributed by atoms with van der Waals surface area (Å²) in [4.78, 5) is 10.2. The summed E-state index contributed by atoms with van der Waals surface area (Å²) in [5, 5.41) is 0. The topological polar surface area (TPSA) is 55.0 Å². The second-order valence-corrected chi connectivity index (χ2v) is 3.63. The molecule has 0 spiro atoms. The molecule has 4 nitrogen and oxygen atoms in total. The standard InChI is InChI=1S/C12H14N4/c1-9-8-14-12(13)15-11(9)16(2)10-6-4-3-5-7-10/h3-8H,1-2H3,(H2,13,14,15). The number of hydrogen-bond donors (Lipinski definition) is 1. The highest BCUT2D eigenvalue weighted by molar-refractivity contribution is 5.62. The number of nitrogen functional groups attached to an aromatic ring is 1. The second-order valence-electron chi connectivity index (χ2n) is 3.63. The molecule has 0 bridgehead atoms. The van der Waals surface area contributed by atoms with Gasteiger partial charge in [0, 0.05) is 24.5 Å². The van der Waals surface area contributed by atoms with Gasteiger partial charge in [-0.15, -0.1) is 0 Å². The van der Waals surface area contributed by atoms with Gasteiger partial charge >= 0.3 is 0 Å². The van der Waals surface area contributed by atoms with Crippen LogP contribution in [0.1, 0.15) is 5.56 Å². The molecule has 0 fully saturated rings. The lowest BCUT2D eigenvalue weighted by Crippen LogP contribution is -2.14. The number of anilines is 3. The van der Waals surface area contributed by atoms with Crippen molar-refractivity contribution in [3.63, 3.8) is 0 Å². The van der Waals surface area contributed by atoms with Crippen LogP contribution in [0.25, 0.3) is 0 Å². The normalized spacial score (nSPS) is 10.1. The SMILES string of the molecule is Cc1cnc(N)nc1N(C)c1ccccc1. The van der Waals surface area contributed by atoms with Gasteiger partial charge in [-0.1, -0.05) is 18.2 Å². The number of hydrogen-bond acceptors (Lipinski definition) is 4. The Bertz CT molecular complexity index is 482. The lowest BCUT2D eigenvalue weighted by atomic mass is 10.2. The Morgan fingerprint density at radius 1 is 1.19 bits per heavy atom. The molecule has 0 saturated heterocycles. The maximum atomic E-state index is 5.59. The molecule has 82 valence electrons. The van der Waals surface area contributed by atoms with Crippen molar-refractivity contribution in [2.75, 3.05) is 17.7 Å². The zero-order valence-corrected chi connectivity index (χ0v) is 9.38. The highest BCUT2D eigenvalue weighted by atomic mass is 15.2. The Morgan fingerprint density at radius 2 is 1.88 bits per heavy atom. The molecule has 2 rings (SSSR count). The molecule has 0 radical (unpaired) electrons. The Labute approximate surface area is 94.8 Å². The van der Waals surface area contributed by atoms with Gasteiger partial charge in [0.15, 0.2) is 0 Å². The summed E-state index contributed by atoms with van der Waals surface area (Å²) >= 11 is 0. The fourth-order valence-electron chi connectivity index (χ4n) is 1.56. The van der Waals surface area contributed by atoms with Crippen LogP contribution in [0.4, 0.5) is 17.5 Å². The Hall–Kier alpha value is -2.10. The highest BCUT2D eigenvalue weighted by Gasteiger charge is 2.08. The summed E-state index contributed by atoms with van der Waals surface area (Å²) in [5.41, 5.74) is 7.67. The molecule has 0 aliphatic rings. The van der Waals surface area contributed by atoms with Gasteiger partial charge < -0.3 is 10.6 Å². The van der Waals surface area contributed by atoms with Crippen molar-refractivity contribution in [2.45, 2.75) is 6.92 Å². The van der Waals surface area contributed by atoms with E-state index in [-0.39, 0.29) is 0 Å². The molecule has 0 unspecified atom stereocenters. The number of rotatable bonds is 2. The number of nitrogens with two attached hydrogens (primary N) is 1. The average molecular weight is 214 g/mol. The first-order valence-corrected chi connectivity index (χ1v) is 5.06. The molecule has 2 aromatic rings. The molecule has 1 aromatic heterocycles. The van der Waals surface area contributed by atoms with E-state index >= 15 is 0 Å². The Kier molecular flexibility index (Phi) is 2.72. The zero-order chi connectivity index (χ0) is 11.5. The van der Waals surface area contributed by atoms with Gasteiger partial charge in [-0.2, -0.15) is 4.98 Å². The van der Waals surface area contributed by atoms with E-state index in [0.29, 0.717) is 5.95 Å². The largest absolute Gasteiger partial charge is 0.368 e. The molecular formula is C12H14N4. The first kappa shape index (κ1) is 10.4. The van der Waals surface area contributed by atoms with Crippen LogP contribution in [0.15, 0.2) is 36.5 Å². The summed E-state index contributed by atoms with van der Waals surface area (Å²) in [6.45, 7) is 1.97. The molecule has 0 aliphatic carbocycles. The predicted molar refractivity (Wildman–Crippen MR) is 65.7 cm³/mol. The van der Waals surface area contributed by atoms with E-state index < -0.39 is 0 Å². The minimum absolute atomic E-state index is 0.295. The van der Waals surface area contributed by atoms with Crippen molar-refractivity contribution < 1.29 is 0 Å². The number of benzene rings is 1. The van der Waals surface area contributed by atoms with Gasteiger partial charge in [0.2, 0.25) is 5.95 Å². The third-order valence-corrected chi connectivity index (χ3v) is 2.42. The number of aryl methyl sites for hydroxylation is 1. The van der Waals surface area contributed by atoms with E-state index in [4.69, 9.17) is 5.73 Å². The lowest BCUT2D eigenvalue weighted by molar-refractivity contribution is 1.06. The third kappa shape index (κ3) is 1.95. The van der Waals surface area contributed by atoms with E-state index in [0.717, 1.165) is 17.1 Å². The summed E-state index contributed by atoms with van der Waals surface area (Å²) in [6.07, 6.45) is 1.73. The van der Waals surface area contributed by atoms with Crippen LogP contribution in [-0.4, -0.2) is 17.0 Å². The van der Waals surface area contributed by atoms with Gasteiger partial charge in [0.05, 0.1) is 0 Å². The van der Waals surface area contributed by atoms with Crippen molar-refractivity contribution in [2.24, 2.45) is 0 Å². The van der Waals surface area contributed by atoms with Gasteiger partial charge in [-0.25, -0.2) is 4.98 Å². The van der Waals surface area contributed by atoms with Gasteiger partial charge in [0.1, 0.15) is 5.82 Å². The molecule has 0 amide bonds. The molecule has 0 atom stereocenters. The molecule has 1 heterocycles. The lowest BCUT2D eigenvalue weighted by Gasteiger charge is -2.19. The number of aromatic nitrogens is 2. The van der Waals surface area contributed by atoms with Gasteiger partial charge in [-0.3, -0.25) is 0 Å². The van der Waals surface area contributed by atoms with E-state index in [2.05, 4.69) is 9.97 Å². The number of para-hydroxylation sites is 1. The predicted octanol–water partition coefficient (Wildman–Crippen LogP) is 2.14. The van der Waals surface area contributed by atoms with Crippen LogP contribution < -0.4 is 10.6 Å². The Morgan fingerprint density at radius 3 is 2.56 bits per heavy atom. The fourth-order valence-corrected chi connectivity index (χ4v) is 1.56. The quantitative estimate of drug-likeness (QED) is 0.832. The van der Waals surface area contributed by atoms with Crippen molar-refractivity contribution in [1.29, 1.82) is 0 Å². The smallest absolute Gasteiger partial charge is 0.221 e. The average Bonchev–Trinajstić information content (AvgIpc) is 2.32. The third-order valence-electron chi connectivity index (χ3n) is 2.42. The first-order valence-electron chi connectivity index (χ1n) is 5.06. The molecule has 2 N–H and O–H groups in total. The van der Waals surface area contributed by atoms with Gasteiger partial charge in [0.25, 0.3) is 0 Å². The molecule has 1 aromatic carbocycles. The van der Waals surface area contributed by atoms with Crippen LogP contribution in [0.5, 0.6) is 0 Å². The van der Waals surface area contributed by atoms with Gasteiger partial charge in [-0.05, 0) is 19.1 Å². The van der Waals surface area contributed by atoms with Crippen molar-refractivity contribution in [1.82, 2.24) is 9.97 Å². The molecular weight excluding hydrogens is 200 g/mol. The minimum atomic E-state index is 0.295. The molecule has 4 heteroatoms. The van der Waals surface area contributed by atoms with Crippen LogP contribution >= 0.6 is 0 Å². The van der Waals surface area contributed by atoms with Crippen molar-refractivity contribution in [3.8, 4) is 0 Å². The van der Waals surface area contributed by atoms with E-state index in [1.165, 1.54) is 0 Å². The maximum absolute atomic E-state index is 5.59. The summed E-state index contributed by atoms with van der Waals surface area (Å²) in [6, 6.07) is 10.0. The second kappa shape index (κ2) is 4.18. The summed E-state index contributed by atoms with van der Waals surface area (Å²) < 4.78 is 0. The number of nitrogens with zero attached hydrogens (tertiary/aromatic N) is 3. The van der Waals surface area contributed by atoms with Crippen LogP contribution in [0.2, 0.25) is 0 Å². The fraction of sp³-hybridized carbons (Fsp3) is 0.167. The summed E-state index contributed by atoms with van der Waals surface area (Å²) in [5.74, 6) is 1.13. The van der Waals surface area contributed by atoms with Crippen LogP contribution in [0.3, 0.4) is 0 Å². The van der Waals surface area contributed by atoms with Crippen molar-refractivity contribution >= 4 is 17.5 Å². The first-order chi connectivity index (χ1) is 7.68. The molecule has 16 heavy (non-hydrogen) atoms. The van der Waals surface area contributed by atoms with Crippen LogP contribution in [-0.2, 0) is 0 Å².